The predicted octanol–water partition coefficient (Wildman–Crippen LogP) is 4.35. The van der Waals surface area contributed by atoms with Gasteiger partial charge in [-0.2, -0.15) is 0 Å². The summed E-state index contributed by atoms with van der Waals surface area (Å²) in [7, 11) is 4.91. The number of hydrogen-bond donors (Lipinski definition) is 2. The highest BCUT2D eigenvalue weighted by Gasteiger charge is 2.10. The fourth-order valence-electron chi connectivity index (χ4n) is 2.45. The Morgan fingerprint density at radius 3 is 2.18 bits per heavy atom. The summed E-state index contributed by atoms with van der Waals surface area (Å²) in [5.74, 6) is 2.96. The third kappa shape index (κ3) is 7.05. The van der Waals surface area contributed by atoms with E-state index < -0.39 is 0 Å². The Balaban J connectivity index is 0.00000392. The normalized spacial score (nSPS) is 10.7. The largest absolute Gasteiger partial charge is 0.497 e. The molecule has 2 N–H and O–H groups in total. The minimum atomic E-state index is 0. The van der Waals surface area contributed by atoms with E-state index in [1.54, 1.807) is 21.3 Å². The van der Waals surface area contributed by atoms with Crippen LogP contribution in [0.25, 0.3) is 0 Å². The quantitative estimate of drug-likeness (QED) is 0.284. The first-order valence-electron chi connectivity index (χ1n) is 8.66. The third-order valence-electron chi connectivity index (χ3n) is 3.92. The van der Waals surface area contributed by atoms with E-state index in [1.165, 1.54) is 0 Å². The first-order chi connectivity index (χ1) is 13.1. The second-order valence-electron chi connectivity index (χ2n) is 5.70. The van der Waals surface area contributed by atoms with Gasteiger partial charge in [0.25, 0.3) is 0 Å². The summed E-state index contributed by atoms with van der Waals surface area (Å²) in [4.78, 5) is 4.64. The van der Waals surface area contributed by atoms with Crippen LogP contribution in [0.3, 0.4) is 0 Å². The number of guanidine groups is 1. The summed E-state index contributed by atoms with van der Waals surface area (Å²) in [6.07, 6.45) is 0. The van der Waals surface area contributed by atoms with Crippen LogP contribution in [0.15, 0.2) is 45.9 Å². The predicted molar refractivity (Wildman–Crippen MR) is 127 cm³/mol. The number of nitrogens with one attached hydrogen (secondary N) is 2. The van der Waals surface area contributed by atoms with Crippen molar-refractivity contribution < 1.29 is 14.2 Å². The van der Waals surface area contributed by atoms with Crippen LogP contribution in [0, 0.1) is 0 Å². The topological polar surface area (TPSA) is 64.1 Å². The van der Waals surface area contributed by atoms with Crippen molar-refractivity contribution in [3.63, 3.8) is 0 Å². The molecule has 0 saturated heterocycles. The Labute approximate surface area is 192 Å². The number of aliphatic imine (C=N–C) groups is 1. The van der Waals surface area contributed by atoms with Gasteiger partial charge in [0.2, 0.25) is 0 Å². The average molecular weight is 564 g/mol. The maximum Gasteiger partial charge on any atom is 0.191 e. The lowest BCUT2D eigenvalue weighted by atomic mass is 10.2. The number of nitrogens with zero attached hydrogens (tertiary/aromatic N) is 1. The summed E-state index contributed by atoms with van der Waals surface area (Å²) in [5, 5.41) is 6.61. The molecule has 0 spiro atoms. The minimum absolute atomic E-state index is 0. The maximum absolute atomic E-state index is 5.38. The molecule has 8 heteroatoms. The zero-order valence-electron chi connectivity index (χ0n) is 16.5. The van der Waals surface area contributed by atoms with E-state index in [-0.39, 0.29) is 24.0 Å². The smallest absolute Gasteiger partial charge is 0.191 e. The van der Waals surface area contributed by atoms with E-state index in [0.29, 0.717) is 24.6 Å². The standard InChI is InChI=1S/C20H26BrN3O3.HI/c1-5-22-20(23-12-14-6-8-16(25-2)9-7-14)24-13-15-10-18(26-3)19(27-4)11-17(15)21;/h6-11H,5,12-13H2,1-4H3,(H2,22,23,24);1H. The van der Waals surface area contributed by atoms with Crippen molar-refractivity contribution in [2.45, 2.75) is 20.0 Å². The molecule has 0 unspecified atom stereocenters. The van der Waals surface area contributed by atoms with E-state index >= 15 is 0 Å². The Morgan fingerprint density at radius 1 is 0.964 bits per heavy atom. The molecule has 0 aliphatic heterocycles. The highest BCUT2D eigenvalue weighted by molar-refractivity contribution is 14.0. The van der Waals surface area contributed by atoms with Crippen molar-refractivity contribution in [2.24, 2.45) is 4.99 Å². The van der Waals surface area contributed by atoms with Crippen LogP contribution in [-0.2, 0) is 13.1 Å². The van der Waals surface area contributed by atoms with Gasteiger partial charge < -0.3 is 24.8 Å². The number of rotatable bonds is 8. The van der Waals surface area contributed by atoms with Crippen LogP contribution in [-0.4, -0.2) is 33.8 Å². The van der Waals surface area contributed by atoms with Crippen LogP contribution in [0.4, 0.5) is 0 Å². The Bertz CT molecular complexity index is 770. The third-order valence-corrected chi connectivity index (χ3v) is 4.66. The number of hydrogen-bond acceptors (Lipinski definition) is 4. The molecule has 6 nitrogen and oxygen atoms in total. The second-order valence-corrected chi connectivity index (χ2v) is 6.55. The minimum Gasteiger partial charge on any atom is -0.497 e. The molecule has 0 aliphatic rings. The maximum atomic E-state index is 5.38. The fraction of sp³-hybridized carbons (Fsp3) is 0.350. The molecule has 0 atom stereocenters. The van der Waals surface area contributed by atoms with Gasteiger partial charge in [0, 0.05) is 17.6 Å². The molecule has 154 valence electrons. The van der Waals surface area contributed by atoms with E-state index in [2.05, 4.69) is 31.6 Å². The Kier molecular flexibility index (Phi) is 11.1. The van der Waals surface area contributed by atoms with Gasteiger partial charge in [-0.1, -0.05) is 28.1 Å². The van der Waals surface area contributed by atoms with Crippen molar-refractivity contribution in [1.82, 2.24) is 10.6 Å². The van der Waals surface area contributed by atoms with Gasteiger partial charge in [0.15, 0.2) is 17.5 Å². The number of halogens is 2. The molecule has 28 heavy (non-hydrogen) atoms. The average Bonchev–Trinajstić information content (AvgIpc) is 2.70. The molecule has 0 heterocycles. The number of benzene rings is 2. The highest BCUT2D eigenvalue weighted by atomic mass is 127. The summed E-state index contributed by atoms with van der Waals surface area (Å²) >= 11 is 3.58. The van der Waals surface area contributed by atoms with Gasteiger partial charge in [-0.15, -0.1) is 24.0 Å². The van der Waals surface area contributed by atoms with Gasteiger partial charge in [-0.3, -0.25) is 0 Å². The second kappa shape index (κ2) is 12.7. The van der Waals surface area contributed by atoms with Crippen LogP contribution in [0.5, 0.6) is 17.2 Å². The van der Waals surface area contributed by atoms with Gasteiger partial charge in [-0.25, -0.2) is 4.99 Å². The molecule has 0 saturated carbocycles. The summed E-state index contributed by atoms with van der Waals surface area (Å²) in [5.41, 5.74) is 2.16. The number of methoxy groups -OCH3 is 3. The lowest BCUT2D eigenvalue weighted by Crippen LogP contribution is -2.36. The highest BCUT2D eigenvalue weighted by Crippen LogP contribution is 2.33. The van der Waals surface area contributed by atoms with Crippen LogP contribution >= 0.6 is 39.9 Å². The first kappa shape index (κ1) is 24.4. The van der Waals surface area contributed by atoms with Crippen molar-refractivity contribution in [3.8, 4) is 17.2 Å². The van der Waals surface area contributed by atoms with E-state index in [0.717, 1.165) is 33.9 Å². The van der Waals surface area contributed by atoms with Crippen molar-refractivity contribution in [2.75, 3.05) is 27.9 Å². The van der Waals surface area contributed by atoms with E-state index in [1.807, 2.05) is 43.3 Å². The zero-order valence-corrected chi connectivity index (χ0v) is 20.5. The monoisotopic (exact) mass is 563 g/mol. The molecule has 2 aromatic rings. The van der Waals surface area contributed by atoms with Crippen molar-refractivity contribution in [1.29, 1.82) is 0 Å². The molecule has 0 bridgehead atoms. The number of ether oxygens (including phenoxy) is 3. The SMILES string of the molecule is CCNC(=NCc1ccc(OC)cc1)NCc1cc(OC)c(OC)cc1Br.I. The first-order valence-corrected chi connectivity index (χ1v) is 9.46. The van der Waals surface area contributed by atoms with E-state index in [4.69, 9.17) is 14.2 Å². The molecular formula is C20H27BrIN3O3. The molecule has 2 aromatic carbocycles. The van der Waals surface area contributed by atoms with E-state index in [9.17, 15) is 0 Å². The van der Waals surface area contributed by atoms with Gasteiger partial charge in [-0.05, 0) is 42.3 Å². The van der Waals surface area contributed by atoms with Crippen molar-refractivity contribution >= 4 is 45.9 Å². The molecule has 0 aliphatic carbocycles. The van der Waals surface area contributed by atoms with Crippen LogP contribution in [0.1, 0.15) is 18.1 Å². The molecule has 0 aromatic heterocycles. The van der Waals surface area contributed by atoms with Gasteiger partial charge >= 0.3 is 0 Å². The molecular weight excluding hydrogens is 537 g/mol. The molecule has 2 rings (SSSR count). The van der Waals surface area contributed by atoms with Crippen molar-refractivity contribution in [3.05, 3.63) is 52.0 Å². The van der Waals surface area contributed by atoms with Gasteiger partial charge in [0.1, 0.15) is 5.75 Å². The lowest BCUT2D eigenvalue weighted by Gasteiger charge is -2.15. The lowest BCUT2D eigenvalue weighted by molar-refractivity contribution is 0.354. The summed E-state index contributed by atoms with van der Waals surface area (Å²) < 4.78 is 16.8. The molecule has 0 amide bonds. The zero-order chi connectivity index (χ0) is 19.6. The Morgan fingerprint density at radius 2 is 1.61 bits per heavy atom. The van der Waals surface area contributed by atoms with Crippen LogP contribution in [0.2, 0.25) is 0 Å². The Hall–Kier alpha value is -1.68. The van der Waals surface area contributed by atoms with Crippen LogP contribution < -0.4 is 24.8 Å². The summed E-state index contributed by atoms with van der Waals surface area (Å²) in [6, 6.07) is 11.7. The molecule has 0 fully saturated rings. The summed E-state index contributed by atoms with van der Waals surface area (Å²) in [6.45, 7) is 3.99. The fourth-order valence-corrected chi connectivity index (χ4v) is 2.92. The van der Waals surface area contributed by atoms with Gasteiger partial charge in [0.05, 0.1) is 27.9 Å². The molecule has 0 radical (unpaired) electrons.